The molecule has 3 nitrogen and oxygen atoms in total. The molecule has 0 aliphatic heterocycles. The Morgan fingerprint density at radius 2 is 2.21 bits per heavy atom. The molecular formula is C9H17BrN2OSi. The van der Waals surface area contributed by atoms with E-state index in [4.69, 9.17) is 4.74 Å². The minimum atomic E-state index is -0.954. The van der Waals surface area contributed by atoms with Gasteiger partial charge >= 0.3 is 0 Å². The van der Waals surface area contributed by atoms with Crippen LogP contribution in [0.2, 0.25) is 25.7 Å². The molecule has 0 atom stereocenters. The van der Waals surface area contributed by atoms with E-state index < -0.39 is 8.07 Å². The fraction of sp³-hybridized carbons (Fsp3) is 0.667. The van der Waals surface area contributed by atoms with Gasteiger partial charge in [0.15, 0.2) is 0 Å². The molecule has 0 aromatic carbocycles. The number of aromatic nitrogens is 2. The van der Waals surface area contributed by atoms with Crippen molar-refractivity contribution in [2.75, 3.05) is 6.61 Å². The third kappa shape index (κ3) is 4.93. The largest absolute Gasteiger partial charge is 0.360 e. The number of rotatable bonds is 5. The normalized spacial score (nSPS) is 12.0. The maximum Gasteiger partial charge on any atom is 0.139 e. The molecule has 0 saturated heterocycles. The molecule has 0 spiro atoms. The SMILES string of the molecule is C[Si](C)(C)CCOCn1ccc(Br)n1. The van der Waals surface area contributed by atoms with E-state index in [1.54, 1.807) is 4.68 Å². The topological polar surface area (TPSA) is 27.1 Å². The van der Waals surface area contributed by atoms with E-state index in [2.05, 4.69) is 40.7 Å². The van der Waals surface area contributed by atoms with Gasteiger partial charge in [-0.25, -0.2) is 4.68 Å². The highest BCUT2D eigenvalue weighted by Gasteiger charge is 2.11. The monoisotopic (exact) mass is 276 g/mol. The Morgan fingerprint density at radius 1 is 1.50 bits per heavy atom. The predicted octanol–water partition coefficient (Wildman–Crippen LogP) is 2.96. The van der Waals surface area contributed by atoms with Crippen LogP contribution in [0.1, 0.15) is 0 Å². The van der Waals surface area contributed by atoms with Gasteiger partial charge in [-0.3, -0.25) is 0 Å². The molecule has 0 aliphatic carbocycles. The zero-order chi connectivity index (χ0) is 10.6. The molecular weight excluding hydrogens is 260 g/mol. The molecule has 1 heterocycles. The molecule has 0 amide bonds. The van der Waals surface area contributed by atoms with Crippen molar-refractivity contribution in [3.63, 3.8) is 0 Å². The third-order valence-electron chi connectivity index (χ3n) is 1.83. The summed E-state index contributed by atoms with van der Waals surface area (Å²) >= 11 is 3.29. The highest BCUT2D eigenvalue weighted by molar-refractivity contribution is 9.10. The lowest BCUT2D eigenvalue weighted by Gasteiger charge is -2.15. The molecule has 0 aliphatic rings. The molecule has 5 heteroatoms. The lowest BCUT2D eigenvalue weighted by molar-refractivity contribution is 0.0784. The molecule has 14 heavy (non-hydrogen) atoms. The summed E-state index contributed by atoms with van der Waals surface area (Å²) in [6, 6.07) is 3.11. The molecule has 1 rings (SSSR count). The van der Waals surface area contributed by atoms with E-state index in [1.165, 1.54) is 6.04 Å². The van der Waals surface area contributed by atoms with Gasteiger partial charge < -0.3 is 4.74 Å². The van der Waals surface area contributed by atoms with Crippen LogP contribution in [0.4, 0.5) is 0 Å². The molecule has 0 N–H and O–H groups in total. The van der Waals surface area contributed by atoms with Crippen molar-refractivity contribution in [1.29, 1.82) is 0 Å². The second-order valence-electron chi connectivity index (χ2n) is 4.53. The van der Waals surface area contributed by atoms with Crippen LogP contribution in [0, 0.1) is 0 Å². The predicted molar refractivity (Wildman–Crippen MR) is 64.0 cm³/mol. The van der Waals surface area contributed by atoms with Gasteiger partial charge in [0, 0.05) is 20.9 Å². The van der Waals surface area contributed by atoms with Crippen LogP contribution >= 0.6 is 15.9 Å². The van der Waals surface area contributed by atoms with Crippen LogP contribution in [0.25, 0.3) is 0 Å². The van der Waals surface area contributed by atoms with Crippen molar-refractivity contribution < 1.29 is 4.74 Å². The smallest absolute Gasteiger partial charge is 0.139 e. The lowest BCUT2D eigenvalue weighted by atomic mass is 10.7. The molecule has 0 saturated carbocycles. The molecule has 0 bridgehead atoms. The zero-order valence-electron chi connectivity index (χ0n) is 8.96. The average molecular weight is 277 g/mol. The van der Waals surface area contributed by atoms with Crippen molar-refractivity contribution in [2.45, 2.75) is 32.4 Å². The van der Waals surface area contributed by atoms with Crippen molar-refractivity contribution in [3.05, 3.63) is 16.9 Å². The number of hydrogen-bond donors (Lipinski definition) is 0. The van der Waals surface area contributed by atoms with Crippen LogP contribution in [-0.2, 0) is 11.5 Å². The van der Waals surface area contributed by atoms with Gasteiger partial charge in [-0.15, -0.1) is 0 Å². The number of halogens is 1. The first kappa shape index (κ1) is 11.9. The van der Waals surface area contributed by atoms with Crippen LogP contribution in [0.3, 0.4) is 0 Å². The van der Waals surface area contributed by atoms with E-state index >= 15 is 0 Å². The highest BCUT2D eigenvalue weighted by atomic mass is 79.9. The Bertz CT molecular complexity index is 283. The molecule has 1 aromatic heterocycles. The third-order valence-corrected chi connectivity index (χ3v) is 3.96. The number of ether oxygens (including phenoxy) is 1. The highest BCUT2D eigenvalue weighted by Crippen LogP contribution is 2.08. The first-order valence-electron chi connectivity index (χ1n) is 4.74. The Labute approximate surface area is 94.6 Å². The minimum absolute atomic E-state index is 0.552. The summed E-state index contributed by atoms with van der Waals surface area (Å²) in [6.07, 6.45) is 1.90. The zero-order valence-corrected chi connectivity index (χ0v) is 11.5. The number of nitrogens with zero attached hydrogens (tertiary/aromatic N) is 2. The number of hydrogen-bond acceptors (Lipinski definition) is 2. The van der Waals surface area contributed by atoms with Gasteiger partial charge in [0.25, 0.3) is 0 Å². The first-order valence-corrected chi connectivity index (χ1v) is 9.24. The Balaban J connectivity index is 2.16. The van der Waals surface area contributed by atoms with Crippen molar-refractivity contribution >= 4 is 24.0 Å². The summed E-state index contributed by atoms with van der Waals surface area (Å²) in [5.74, 6) is 0. The van der Waals surface area contributed by atoms with Crippen molar-refractivity contribution in [1.82, 2.24) is 9.78 Å². The summed E-state index contributed by atoms with van der Waals surface area (Å²) in [7, 11) is -0.954. The average Bonchev–Trinajstić information content (AvgIpc) is 2.44. The van der Waals surface area contributed by atoms with Gasteiger partial charge in [-0.2, -0.15) is 5.10 Å². The summed E-state index contributed by atoms with van der Waals surface area (Å²) in [6.45, 7) is 8.44. The summed E-state index contributed by atoms with van der Waals surface area (Å²) in [4.78, 5) is 0. The van der Waals surface area contributed by atoms with E-state index in [0.29, 0.717) is 6.73 Å². The van der Waals surface area contributed by atoms with E-state index in [0.717, 1.165) is 11.2 Å². The van der Waals surface area contributed by atoms with Gasteiger partial charge in [0.1, 0.15) is 11.3 Å². The van der Waals surface area contributed by atoms with E-state index in [9.17, 15) is 0 Å². The van der Waals surface area contributed by atoms with Gasteiger partial charge in [0.2, 0.25) is 0 Å². The Morgan fingerprint density at radius 3 is 2.71 bits per heavy atom. The Kier molecular flexibility index (Phi) is 4.34. The second-order valence-corrected chi connectivity index (χ2v) is 11.0. The second kappa shape index (κ2) is 5.09. The molecule has 0 fully saturated rings. The lowest BCUT2D eigenvalue weighted by Crippen LogP contribution is -2.22. The molecule has 0 radical (unpaired) electrons. The summed E-state index contributed by atoms with van der Waals surface area (Å²) < 4.78 is 8.16. The molecule has 80 valence electrons. The van der Waals surface area contributed by atoms with Crippen molar-refractivity contribution in [3.8, 4) is 0 Å². The van der Waals surface area contributed by atoms with Gasteiger partial charge in [0.05, 0.1) is 0 Å². The van der Waals surface area contributed by atoms with Crippen LogP contribution in [0.5, 0.6) is 0 Å². The van der Waals surface area contributed by atoms with E-state index in [-0.39, 0.29) is 0 Å². The maximum atomic E-state index is 5.52. The van der Waals surface area contributed by atoms with Crippen LogP contribution in [0.15, 0.2) is 16.9 Å². The Hall–Kier alpha value is -0.133. The maximum absolute atomic E-state index is 5.52. The van der Waals surface area contributed by atoms with Gasteiger partial charge in [-0.1, -0.05) is 19.6 Å². The van der Waals surface area contributed by atoms with Crippen LogP contribution in [-0.4, -0.2) is 24.5 Å². The summed E-state index contributed by atoms with van der Waals surface area (Å²) in [5, 5.41) is 4.16. The summed E-state index contributed by atoms with van der Waals surface area (Å²) in [5.41, 5.74) is 0. The quantitative estimate of drug-likeness (QED) is 0.611. The minimum Gasteiger partial charge on any atom is -0.360 e. The molecule has 1 aromatic rings. The molecule has 0 unspecified atom stereocenters. The standard InChI is InChI=1S/C9H17BrN2OSi/c1-14(2,3)7-6-13-8-12-5-4-9(10)11-12/h4-5H,6-8H2,1-3H3. The first-order chi connectivity index (χ1) is 6.47. The van der Waals surface area contributed by atoms with Gasteiger partial charge in [-0.05, 0) is 28.0 Å². The van der Waals surface area contributed by atoms with Crippen LogP contribution < -0.4 is 0 Å². The van der Waals surface area contributed by atoms with Crippen molar-refractivity contribution in [2.24, 2.45) is 0 Å². The fourth-order valence-electron chi connectivity index (χ4n) is 0.945. The van der Waals surface area contributed by atoms with E-state index in [1.807, 2.05) is 12.3 Å². The fourth-order valence-corrected chi connectivity index (χ4v) is 2.02.